The Morgan fingerprint density at radius 1 is 1.19 bits per heavy atom. The van der Waals surface area contributed by atoms with Crippen LogP contribution in [-0.4, -0.2) is 33.5 Å². The summed E-state index contributed by atoms with van der Waals surface area (Å²) in [4.78, 5) is 0. The molecule has 1 saturated carbocycles. The van der Waals surface area contributed by atoms with Crippen molar-refractivity contribution >= 4 is 0 Å². The Bertz CT molecular complexity index is 432. The Labute approximate surface area is 127 Å². The monoisotopic (exact) mass is 293 g/mol. The van der Waals surface area contributed by atoms with Crippen LogP contribution in [0.2, 0.25) is 0 Å². The van der Waals surface area contributed by atoms with Crippen molar-refractivity contribution in [3.8, 4) is 11.5 Å². The molecule has 1 aromatic carbocycles. The number of hydrogen-bond donors (Lipinski definition) is 1. The van der Waals surface area contributed by atoms with E-state index >= 15 is 0 Å². The number of nitrogens with two attached hydrogens (primary N) is 1. The molecule has 0 radical (unpaired) electrons. The van der Waals surface area contributed by atoms with Gasteiger partial charge in [0, 0.05) is 26.2 Å². The van der Waals surface area contributed by atoms with Gasteiger partial charge in [0.15, 0.2) is 11.5 Å². The van der Waals surface area contributed by atoms with Gasteiger partial charge in [-0.3, -0.25) is 0 Å². The summed E-state index contributed by atoms with van der Waals surface area (Å²) in [5.41, 5.74) is 7.50. The second kappa shape index (κ2) is 8.25. The quantitative estimate of drug-likeness (QED) is 0.711. The maximum atomic E-state index is 6.28. The third kappa shape index (κ3) is 4.61. The zero-order valence-electron chi connectivity index (χ0n) is 13.1. The molecule has 0 spiro atoms. The van der Waals surface area contributed by atoms with Gasteiger partial charge < -0.3 is 19.9 Å². The lowest BCUT2D eigenvalue weighted by molar-refractivity contribution is 0.170. The largest absolute Gasteiger partial charge is 0.493 e. The van der Waals surface area contributed by atoms with E-state index in [1.165, 1.54) is 24.8 Å². The highest BCUT2D eigenvalue weighted by Gasteiger charge is 2.24. The standard InChI is InChI=1S/C17H27NO3/c1-19-9-4-10-21-17-12-13(7-8-16(17)20-2)11-15(18)14-5-3-6-14/h7-8,12,14-15H,3-6,9-11,18H2,1-2H3/t15-/m0/s1. The molecule has 0 amide bonds. The van der Waals surface area contributed by atoms with Crippen molar-refractivity contribution in [2.24, 2.45) is 11.7 Å². The highest BCUT2D eigenvalue weighted by molar-refractivity contribution is 5.43. The van der Waals surface area contributed by atoms with E-state index in [1.807, 2.05) is 6.07 Å². The first-order chi connectivity index (χ1) is 10.2. The van der Waals surface area contributed by atoms with E-state index in [0.717, 1.165) is 24.3 Å². The van der Waals surface area contributed by atoms with Crippen molar-refractivity contribution < 1.29 is 14.2 Å². The summed E-state index contributed by atoms with van der Waals surface area (Å²) < 4.78 is 16.2. The minimum Gasteiger partial charge on any atom is -0.493 e. The molecule has 1 aliphatic carbocycles. The van der Waals surface area contributed by atoms with Crippen LogP contribution in [-0.2, 0) is 11.2 Å². The van der Waals surface area contributed by atoms with E-state index in [-0.39, 0.29) is 6.04 Å². The molecule has 0 aromatic heterocycles. The summed E-state index contributed by atoms with van der Waals surface area (Å²) in [6.07, 6.45) is 5.65. The maximum absolute atomic E-state index is 6.28. The fourth-order valence-electron chi connectivity index (χ4n) is 2.65. The molecule has 0 bridgehead atoms. The van der Waals surface area contributed by atoms with Crippen molar-refractivity contribution in [2.45, 2.75) is 38.1 Å². The SMILES string of the molecule is COCCCOc1cc(C[C@H](N)C2CCC2)ccc1OC. The average Bonchev–Trinajstić information content (AvgIpc) is 2.42. The lowest BCUT2D eigenvalue weighted by Crippen LogP contribution is -2.36. The van der Waals surface area contributed by atoms with Gasteiger partial charge >= 0.3 is 0 Å². The molecule has 4 nitrogen and oxygen atoms in total. The zero-order valence-corrected chi connectivity index (χ0v) is 13.1. The predicted octanol–water partition coefficient (Wildman–Crippen LogP) is 2.78. The van der Waals surface area contributed by atoms with E-state index in [9.17, 15) is 0 Å². The van der Waals surface area contributed by atoms with Gasteiger partial charge in [-0.15, -0.1) is 0 Å². The van der Waals surface area contributed by atoms with Crippen LogP contribution in [0.5, 0.6) is 11.5 Å². The molecule has 0 saturated heterocycles. The van der Waals surface area contributed by atoms with Gasteiger partial charge in [-0.05, 0) is 42.9 Å². The van der Waals surface area contributed by atoms with Gasteiger partial charge in [-0.2, -0.15) is 0 Å². The zero-order chi connectivity index (χ0) is 15.1. The highest BCUT2D eigenvalue weighted by Crippen LogP contribution is 2.32. The third-order valence-corrected chi connectivity index (χ3v) is 4.21. The minimum absolute atomic E-state index is 0.258. The Morgan fingerprint density at radius 2 is 2.00 bits per heavy atom. The molecule has 0 aliphatic heterocycles. The fourth-order valence-corrected chi connectivity index (χ4v) is 2.65. The van der Waals surface area contributed by atoms with Crippen LogP contribution in [0.3, 0.4) is 0 Å². The first-order valence-electron chi connectivity index (χ1n) is 7.79. The number of ether oxygens (including phenoxy) is 3. The number of rotatable bonds is 9. The lowest BCUT2D eigenvalue weighted by atomic mass is 9.78. The Morgan fingerprint density at radius 3 is 2.62 bits per heavy atom. The maximum Gasteiger partial charge on any atom is 0.161 e. The first-order valence-corrected chi connectivity index (χ1v) is 7.79. The smallest absolute Gasteiger partial charge is 0.161 e. The molecule has 1 fully saturated rings. The van der Waals surface area contributed by atoms with Crippen molar-refractivity contribution in [3.05, 3.63) is 23.8 Å². The van der Waals surface area contributed by atoms with Crippen molar-refractivity contribution in [1.82, 2.24) is 0 Å². The van der Waals surface area contributed by atoms with Crippen molar-refractivity contribution in [1.29, 1.82) is 0 Å². The number of benzene rings is 1. The number of hydrogen-bond acceptors (Lipinski definition) is 4. The van der Waals surface area contributed by atoms with Crippen LogP contribution in [0.4, 0.5) is 0 Å². The van der Waals surface area contributed by atoms with Gasteiger partial charge in [0.2, 0.25) is 0 Å². The first kappa shape index (κ1) is 16.1. The van der Waals surface area contributed by atoms with Gasteiger partial charge in [0.1, 0.15) is 0 Å². The summed E-state index contributed by atoms with van der Waals surface area (Å²) in [5, 5.41) is 0. The van der Waals surface area contributed by atoms with E-state index in [2.05, 4.69) is 12.1 Å². The minimum atomic E-state index is 0.258. The molecule has 0 heterocycles. The van der Waals surface area contributed by atoms with Crippen LogP contribution in [0.1, 0.15) is 31.2 Å². The molecule has 2 rings (SSSR count). The molecule has 1 aromatic rings. The summed E-state index contributed by atoms with van der Waals surface area (Å²) >= 11 is 0. The van der Waals surface area contributed by atoms with E-state index in [1.54, 1.807) is 14.2 Å². The second-order valence-electron chi connectivity index (χ2n) is 5.74. The Balaban J connectivity index is 1.95. The fraction of sp³-hybridized carbons (Fsp3) is 0.647. The van der Waals surface area contributed by atoms with E-state index < -0.39 is 0 Å². The number of methoxy groups -OCH3 is 2. The van der Waals surface area contributed by atoms with Gasteiger partial charge in [-0.25, -0.2) is 0 Å². The predicted molar refractivity (Wildman–Crippen MR) is 84.0 cm³/mol. The average molecular weight is 293 g/mol. The van der Waals surface area contributed by atoms with Crippen LogP contribution >= 0.6 is 0 Å². The molecular weight excluding hydrogens is 266 g/mol. The van der Waals surface area contributed by atoms with Gasteiger partial charge in [0.25, 0.3) is 0 Å². The van der Waals surface area contributed by atoms with Gasteiger partial charge in [-0.1, -0.05) is 12.5 Å². The molecule has 2 N–H and O–H groups in total. The third-order valence-electron chi connectivity index (χ3n) is 4.21. The van der Waals surface area contributed by atoms with Gasteiger partial charge in [0.05, 0.1) is 13.7 Å². The normalized spacial score (nSPS) is 16.3. The van der Waals surface area contributed by atoms with Crippen molar-refractivity contribution in [2.75, 3.05) is 27.4 Å². The summed E-state index contributed by atoms with van der Waals surface area (Å²) in [6.45, 7) is 1.33. The summed E-state index contributed by atoms with van der Waals surface area (Å²) in [5.74, 6) is 2.26. The van der Waals surface area contributed by atoms with Crippen molar-refractivity contribution in [3.63, 3.8) is 0 Å². The Hall–Kier alpha value is -1.26. The Kier molecular flexibility index (Phi) is 6.33. The van der Waals surface area contributed by atoms with Crippen LogP contribution in [0.15, 0.2) is 18.2 Å². The lowest BCUT2D eigenvalue weighted by Gasteiger charge is -2.31. The topological polar surface area (TPSA) is 53.7 Å². The molecule has 1 atom stereocenters. The van der Waals surface area contributed by atoms with E-state index in [4.69, 9.17) is 19.9 Å². The van der Waals surface area contributed by atoms with E-state index in [0.29, 0.717) is 19.1 Å². The summed E-state index contributed by atoms with van der Waals surface area (Å²) in [6, 6.07) is 6.37. The molecule has 4 heteroatoms. The second-order valence-corrected chi connectivity index (χ2v) is 5.74. The molecular formula is C17H27NO3. The molecule has 0 unspecified atom stereocenters. The van der Waals surface area contributed by atoms with Crippen LogP contribution in [0.25, 0.3) is 0 Å². The van der Waals surface area contributed by atoms with Crippen LogP contribution < -0.4 is 15.2 Å². The molecule has 21 heavy (non-hydrogen) atoms. The molecule has 1 aliphatic rings. The summed E-state index contributed by atoms with van der Waals surface area (Å²) in [7, 11) is 3.36. The molecule has 118 valence electrons. The van der Waals surface area contributed by atoms with Crippen LogP contribution in [0, 0.1) is 5.92 Å². The highest BCUT2D eigenvalue weighted by atomic mass is 16.5.